The van der Waals surface area contributed by atoms with E-state index in [9.17, 15) is 4.79 Å². The molecule has 0 atom stereocenters. The van der Waals surface area contributed by atoms with Crippen molar-refractivity contribution in [3.05, 3.63) is 69.7 Å². The Bertz CT molecular complexity index is 613. The van der Waals surface area contributed by atoms with Crippen LogP contribution in [0.1, 0.15) is 21.5 Å². The van der Waals surface area contributed by atoms with E-state index in [1.54, 1.807) is 12.1 Å². The van der Waals surface area contributed by atoms with Crippen molar-refractivity contribution >= 4 is 21.8 Å². The van der Waals surface area contributed by atoms with E-state index in [0.29, 0.717) is 5.56 Å². The van der Waals surface area contributed by atoms with Crippen LogP contribution in [0.2, 0.25) is 0 Å². The molecule has 0 radical (unpaired) electrons. The van der Waals surface area contributed by atoms with Crippen molar-refractivity contribution in [2.45, 2.75) is 13.1 Å². The zero-order chi connectivity index (χ0) is 15.2. The van der Waals surface area contributed by atoms with Crippen LogP contribution in [-0.4, -0.2) is 17.9 Å². The summed E-state index contributed by atoms with van der Waals surface area (Å²) >= 11 is 3.48. The van der Waals surface area contributed by atoms with Crippen LogP contribution in [0, 0.1) is 0 Å². The van der Waals surface area contributed by atoms with Crippen LogP contribution < -0.4 is 11.3 Å². The number of halogens is 1. The minimum Gasteiger partial charge on any atom is -0.298 e. The van der Waals surface area contributed by atoms with E-state index in [1.807, 2.05) is 24.3 Å². The van der Waals surface area contributed by atoms with Gasteiger partial charge in [-0.05, 0) is 42.4 Å². The number of carbonyl (C=O) groups is 1. The first-order valence-corrected chi connectivity index (χ1v) is 7.40. The molecule has 0 fully saturated rings. The first-order valence-electron chi connectivity index (χ1n) is 6.61. The summed E-state index contributed by atoms with van der Waals surface area (Å²) in [7, 11) is 2.07. The summed E-state index contributed by atoms with van der Waals surface area (Å²) in [5.41, 5.74) is 5.10. The lowest BCUT2D eigenvalue weighted by Gasteiger charge is -2.17. The molecule has 0 aliphatic rings. The zero-order valence-electron chi connectivity index (χ0n) is 11.8. The van der Waals surface area contributed by atoms with E-state index in [4.69, 9.17) is 5.84 Å². The molecule has 0 spiro atoms. The van der Waals surface area contributed by atoms with Crippen LogP contribution in [0.4, 0.5) is 0 Å². The van der Waals surface area contributed by atoms with Crippen molar-refractivity contribution in [1.82, 2.24) is 10.3 Å². The van der Waals surface area contributed by atoms with Crippen LogP contribution in [0.3, 0.4) is 0 Å². The van der Waals surface area contributed by atoms with Crippen molar-refractivity contribution in [2.75, 3.05) is 7.05 Å². The van der Waals surface area contributed by atoms with Gasteiger partial charge < -0.3 is 0 Å². The van der Waals surface area contributed by atoms with Crippen molar-refractivity contribution in [3.8, 4) is 0 Å². The first kappa shape index (κ1) is 15.7. The van der Waals surface area contributed by atoms with Crippen LogP contribution in [0.25, 0.3) is 0 Å². The van der Waals surface area contributed by atoms with Gasteiger partial charge in [-0.1, -0.05) is 40.2 Å². The molecule has 0 aliphatic heterocycles. The minimum atomic E-state index is -0.274. The van der Waals surface area contributed by atoms with E-state index >= 15 is 0 Å². The summed E-state index contributed by atoms with van der Waals surface area (Å²) in [4.78, 5) is 13.6. The normalized spacial score (nSPS) is 10.7. The number of amides is 1. The molecular weight excluding hydrogens is 330 g/mol. The molecule has 0 aromatic heterocycles. The molecule has 110 valence electrons. The molecule has 2 aromatic carbocycles. The van der Waals surface area contributed by atoms with Gasteiger partial charge in [-0.3, -0.25) is 15.1 Å². The second-order valence-electron chi connectivity index (χ2n) is 4.97. The maximum absolute atomic E-state index is 11.4. The van der Waals surface area contributed by atoms with Crippen molar-refractivity contribution in [1.29, 1.82) is 0 Å². The molecule has 4 nitrogen and oxygen atoms in total. The predicted molar refractivity (Wildman–Crippen MR) is 87.4 cm³/mol. The summed E-state index contributed by atoms with van der Waals surface area (Å²) in [6.45, 7) is 1.68. The Hall–Kier alpha value is -1.69. The van der Waals surface area contributed by atoms with Crippen LogP contribution in [0.5, 0.6) is 0 Å². The predicted octanol–water partition coefficient (Wildman–Crippen LogP) is 2.68. The molecule has 0 bridgehead atoms. The third-order valence-electron chi connectivity index (χ3n) is 3.14. The average molecular weight is 348 g/mol. The van der Waals surface area contributed by atoms with Gasteiger partial charge in [0.05, 0.1) is 0 Å². The molecule has 0 aliphatic carbocycles. The standard InChI is InChI=1S/C16H18BrN3O/c1-20(11-13-3-2-4-15(17)9-13)10-12-5-7-14(8-6-12)16(21)19-18/h2-9H,10-11,18H2,1H3,(H,19,21). The maximum atomic E-state index is 11.4. The number of hydrogen-bond donors (Lipinski definition) is 2. The number of rotatable bonds is 5. The van der Waals surface area contributed by atoms with E-state index in [0.717, 1.165) is 23.1 Å². The maximum Gasteiger partial charge on any atom is 0.265 e. The number of hydrogen-bond acceptors (Lipinski definition) is 3. The zero-order valence-corrected chi connectivity index (χ0v) is 13.4. The van der Waals surface area contributed by atoms with Crippen molar-refractivity contribution in [3.63, 3.8) is 0 Å². The summed E-state index contributed by atoms with van der Waals surface area (Å²) in [6, 6.07) is 15.7. The number of nitrogens with two attached hydrogens (primary N) is 1. The van der Waals surface area contributed by atoms with Crippen molar-refractivity contribution in [2.24, 2.45) is 5.84 Å². The second-order valence-corrected chi connectivity index (χ2v) is 5.89. The number of hydrazine groups is 1. The lowest BCUT2D eigenvalue weighted by molar-refractivity contribution is 0.0953. The molecule has 0 saturated heterocycles. The second kappa shape index (κ2) is 7.36. The molecule has 0 saturated carbocycles. The lowest BCUT2D eigenvalue weighted by Crippen LogP contribution is -2.29. The smallest absolute Gasteiger partial charge is 0.265 e. The number of nitrogens with zero attached hydrogens (tertiary/aromatic N) is 1. The largest absolute Gasteiger partial charge is 0.298 e. The Kier molecular flexibility index (Phi) is 5.50. The first-order chi connectivity index (χ1) is 10.1. The Morgan fingerprint density at radius 1 is 1.14 bits per heavy atom. The highest BCUT2D eigenvalue weighted by atomic mass is 79.9. The molecule has 0 heterocycles. The molecule has 0 unspecified atom stereocenters. The summed E-state index contributed by atoms with van der Waals surface area (Å²) < 4.78 is 1.09. The van der Waals surface area contributed by atoms with E-state index in [2.05, 4.69) is 45.4 Å². The van der Waals surface area contributed by atoms with Crippen LogP contribution in [0.15, 0.2) is 53.0 Å². The Balaban J connectivity index is 1.96. The highest BCUT2D eigenvalue weighted by Gasteiger charge is 2.05. The third-order valence-corrected chi connectivity index (χ3v) is 3.63. The monoisotopic (exact) mass is 347 g/mol. The van der Waals surface area contributed by atoms with Gasteiger partial charge in [0.15, 0.2) is 0 Å². The summed E-state index contributed by atoms with van der Waals surface area (Å²) in [5, 5.41) is 0. The Labute approximate surface area is 133 Å². The Morgan fingerprint density at radius 3 is 2.43 bits per heavy atom. The number of carbonyl (C=O) groups excluding carboxylic acids is 1. The molecule has 2 rings (SSSR count). The van der Waals surface area contributed by atoms with Gasteiger partial charge in [-0.2, -0.15) is 0 Å². The van der Waals surface area contributed by atoms with Gasteiger partial charge in [-0.15, -0.1) is 0 Å². The number of nitrogens with one attached hydrogen (secondary N) is 1. The molecule has 1 amide bonds. The van der Waals surface area contributed by atoms with E-state index in [-0.39, 0.29) is 5.91 Å². The van der Waals surface area contributed by atoms with Gasteiger partial charge in [0.2, 0.25) is 0 Å². The highest BCUT2D eigenvalue weighted by Crippen LogP contribution is 2.14. The fourth-order valence-electron chi connectivity index (χ4n) is 2.16. The molecule has 2 aromatic rings. The SMILES string of the molecule is CN(Cc1ccc(C(=O)NN)cc1)Cc1cccc(Br)c1. The van der Waals surface area contributed by atoms with Gasteiger partial charge >= 0.3 is 0 Å². The Morgan fingerprint density at radius 2 is 1.81 bits per heavy atom. The van der Waals surface area contributed by atoms with Gasteiger partial charge in [0, 0.05) is 23.1 Å². The molecule has 5 heteroatoms. The van der Waals surface area contributed by atoms with E-state index in [1.165, 1.54) is 5.56 Å². The summed E-state index contributed by atoms with van der Waals surface area (Å²) in [6.07, 6.45) is 0. The fourth-order valence-corrected chi connectivity index (χ4v) is 2.61. The third kappa shape index (κ3) is 4.67. The van der Waals surface area contributed by atoms with Gasteiger partial charge in [0.1, 0.15) is 0 Å². The molecular formula is C16H18BrN3O. The molecule has 3 N–H and O–H groups in total. The summed E-state index contributed by atoms with van der Waals surface area (Å²) in [5.74, 6) is 4.84. The number of benzene rings is 2. The van der Waals surface area contributed by atoms with E-state index < -0.39 is 0 Å². The van der Waals surface area contributed by atoms with Crippen LogP contribution >= 0.6 is 15.9 Å². The van der Waals surface area contributed by atoms with Crippen molar-refractivity contribution < 1.29 is 4.79 Å². The van der Waals surface area contributed by atoms with Gasteiger partial charge in [-0.25, -0.2) is 5.84 Å². The highest BCUT2D eigenvalue weighted by molar-refractivity contribution is 9.10. The number of nitrogen functional groups attached to an aromatic ring is 1. The quantitative estimate of drug-likeness (QED) is 0.496. The average Bonchev–Trinajstić information content (AvgIpc) is 2.47. The molecule has 21 heavy (non-hydrogen) atoms. The minimum absolute atomic E-state index is 0.274. The van der Waals surface area contributed by atoms with Crippen LogP contribution in [-0.2, 0) is 13.1 Å². The fraction of sp³-hybridized carbons (Fsp3) is 0.188. The topological polar surface area (TPSA) is 58.4 Å². The lowest BCUT2D eigenvalue weighted by atomic mass is 10.1. The van der Waals surface area contributed by atoms with Gasteiger partial charge in [0.25, 0.3) is 5.91 Å².